The Hall–Kier alpha value is 0.0569. The second-order valence-electron chi connectivity index (χ2n) is 7.02. The minimum absolute atomic E-state index is 0.449. The molecule has 1 N–H and O–H groups in total. The molecule has 2 saturated heterocycles. The van der Waals surface area contributed by atoms with E-state index in [0.29, 0.717) is 5.67 Å². The summed E-state index contributed by atoms with van der Waals surface area (Å²) in [6.07, 6.45) is 10.9. The Bertz CT molecular complexity index is 330. The number of nitrogens with one attached hydrogen (secondary N) is 1. The Balaban J connectivity index is 1.83. The summed E-state index contributed by atoms with van der Waals surface area (Å²) < 4.78 is 15.0. The summed E-state index contributed by atoms with van der Waals surface area (Å²) in [5.41, 5.74) is 0.449. The van der Waals surface area contributed by atoms with Gasteiger partial charge in [-0.1, -0.05) is 25.7 Å². The van der Waals surface area contributed by atoms with Crippen molar-refractivity contribution >= 4 is 8.72 Å². The van der Waals surface area contributed by atoms with Crippen LogP contribution in [0.1, 0.15) is 51.4 Å². The van der Waals surface area contributed by atoms with E-state index in [4.69, 9.17) is 8.85 Å². The van der Waals surface area contributed by atoms with Crippen molar-refractivity contribution in [2.45, 2.75) is 57.0 Å². The zero-order chi connectivity index (χ0) is 14.7. The van der Waals surface area contributed by atoms with Gasteiger partial charge in [0.1, 0.15) is 0 Å². The highest BCUT2D eigenvalue weighted by atomic mass is 28.4. The van der Waals surface area contributed by atoms with Crippen LogP contribution in [-0.4, -0.2) is 52.8 Å². The van der Waals surface area contributed by atoms with Crippen LogP contribution < -0.4 is 5.32 Å². The van der Waals surface area contributed by atoms with Gasteiger partial charge in [-0.3, -0.25) is 4.57 Å². The highest BCUT2D eigenvalue weighted by Gasteiger charge is 2.56. The molecule has 3 rings (SSSR count). The second-order valence-corrected chi connectivity index (χ2v) is 10.3. The predicted octanol–water partition coefficient (Wildman–Crippen LogP) is 2.41. The maximum absolute atomic E-state index is 6.20. The zero-order valence-corrected chi connectivity index (χ0v) is 14.8. The summed E-state index contributed by atoms with van der Waals surface area (Å²) >= 11 is 0. The van der Waals surface area contributed by atoms with E-state index in [1.54, 1.807) is 0 Å². The van der Waals surface area contributed by atoms with Gasteiger partial charge >= 0.3 is 8.72 Å². The van der Waals surface area contributed by atoms with Crippen LogP contribution in [0.5, 0.6) is 0 Å². The van der Waals surface area contributed by atoms with Crippen molar-refractivity contribution < 1.29 is 8.85 Å². The third-order valence-corrected chi connectivity index (χ3v) is 9.97. The van der Waals surface area contributed by atoms with Crippen LogP contribution in [-0.2, 0) is 8.85 Å². The van der Waals surface area contributed by atoms with E-state index in [1.807, 2.05) is 14.2 Å². The molecule has 3 unspecified atom stereocenters. The fourth-order valence-electron chi connectivity index (χ4n) is 5.01. The van der Waals surface area contributed by atoms with Gasteiger partial charge in [-0.2, -0.15) is 0 Å². The van der Waals surface area contributed by atoms with Crippen LogP contribution in [0.15, 0.2) is 0 Å². The molecule has 0 spiro atoms. The standard InChI is InChI=1S/C16H32N2O2Si/c1-19-21(20-2,18-12-6-3-7-13-18)16-15-9-5-4-8-14(15)10-11-17-16/h14-17H,3-13H2,1-2H3. The quantitative estimate of drug-likeness (QED) is 0.808. The number of rotatable bonds is 4. The third-order valence-electron chi connectivity index (χ3n) is 6.05. The van der Waals surface area contributed by atoms with Crippen molar-refractivity contribution in [3.05, 3.63) is 0 Å². The minimum atomic E-state index is -2.33. The molecular weight excluding hydrogens is 280 g/mol. The van der Waals surface area contributed by atoms with Crippen molar-refractivity contribution in [3.8, 4) is 0 Å². The molecule has 0 amide bonds. The van der Waals surface area contributed by atoms with Crippen LogP contribution in [0, 0.1) is 11.8 Å². The molecule has 2 heterocycles. The molecule has 4 nitrogen and oxygen atoms in total. The average Bonchev–Trinajstić information content (AvgIpc) is 2.58. The van der Waals surface area contributed by atoms with Crippen molar-refractivity contribution in [1.29, 1.82) is 0 Å². The van der Waals surface area contributed by atoms with E-state index >= 15 is 0 Å². The molecule has 1 saturated carbocycles. The Morgan fingerprint density at radius 1 is 0.905 bits per heavy atom. The van der Waals surface area contributed by atoms with Gasteiger partial charge in [0.25, 0.3) is 0 Å². The van der Waals surface area contributed by atoms with Crippen LogP contribution >= 0.6 is 0 Å². The summed E-state index contributed by atoms with van der Waals surface area (Å²) in [5.74, 6) is 1.66. The first-order valence-corrected chi connectivity index (χ1v) is 10.7. The van der Waals surface area contributed by atoms with Crippen LogP contribution in [0.3, 0.4) is 0 Å². The largest absolute Gasteiger partial charge is 0.445 e. The molecule has 0 bridgehead atoms. The molecule has 3 aliphatic rings. The maximum Gasteiger partial charge on any atom is 0.445 e. The van der Waals surface area contributed by atoms with Gasteiger partial charge in [-0.25, -0.2) is 0 Å². The summed E-state index contributed by atoms with van der Waals surface area (Å²) in [4.78, 5) is 0. The van der Waals surface area contributed by atoms with Gasteiger partial charge in [-0.05, 0) is 57.2 Å². The van der Waals surface area contributed by atoms with E-state index in [1.165, 1.54) is 51.4 Å². The van der Waals surface area contributed by atoms with Gasteiger partial charge in [0.05, 0.1) is 5.67 Å². The lowest BCUT2D eigenvalue weighted by Gasteiger charge is -2.51. The SMILES string of the molecule is CO[Si](OC)(C1NCCC2CCCCC21)N1CCCCC1. The highest BCUT2D eigenvalue weighted by molar-refractivity contribution is 6.66. The van der Waals surface area contributed by atoms with Crippen LogP contribution in [0.25, 0.3) is 0 Å². The Labute approximate surface area is 130 Å². The molecule has 21 heavy (non-hydrogen) atoms. The second kappa shape index (κ2) is 7.09. The molecule has 122 valence electrons. The fourth-order valence-corrected chi connectivity index (χ4v) is 8.91. The molecule has 5 heteroatoms. The number of piperidine rings is 2. The monoisotopic (exact) mass is 312 g/mol. The molecule has 0 aromatic rings. The number of hydrogen-bond donors (Lipinski definition) is 1. The Morgan fingerprint density at radius 2 is 1.62 bits per heavy atom. The van der Waals surface area contributed by atoms with E-state index in [9.17, 15) is 0 Å². The summed E-state index contributed by atoms with van der Waals surface area (Å²) in [5, 5.41) is 3.83. The van der Waals surface area contributed by atoms with Crippen molar-refractivity contribution in [3.63, 3.8) is 0 Å². The van der Waals surface area contributed by atoms with E-state index in [0.717, 1.165) is 31.5 Å². The van der Waals surface area contributed by atoms with Crippen LogP contribution in [0.2, 0.25) is 0 Å². The van der Waals surface area contributed by atoms with Gasteiger partial charge in [0.2, 0.25) is 0 Å². The molecular formula is C16H32N2O2Si. The molecule has 3 atom stereocenters. The average molecular weight is 313 g/mol. The minimum Gasteiger partial charge on any atom is -0.385 e. The van der Waals surface area contributed by atoms with Crippen molar-refractivity contribution in [1.82, 2.24) is 9.88 Å². The Morgan fingerprint density at radius 3 is 2.33 bits per heavy atom. The summed E-state index contributed by atoms with van der Waals surface area (Å²) in [6, 6.07) is 0. The highest BCUT2D eigenvalue weighted by Crippen LogP contribution is 2.40. The molecule has 1 aliphatic carbocycles. The summed E-state index contributed by atoms with van der Waals surface area (Å²) in [6.45, 7) is 3.45. The number of nitrogens with zero attached hydrogens (tertiary/aromatic N) is 1. The van der Waals surface area contributed by atoms with Gasteiger partial charge in [0.15, 0.2) is 0 Å². The number of hydrogen-bond acceptors (Lipinski definition) is 4. The van der Waals surface area contributed by atoms with E-state index < -0.39 is 8.72 Å². The molecule has 0 radical (unpaired) electrons. The number of fused-ring (bicyclic) bond motifs is 1. The summed E-state index contributed by atoms with van der Waals surface area (Å²) in [7, 11) is 1.45. The first-order valence-electron chi connectivity index (χ1n) is 8.90. The molecule has 3 fully saturated rings. The normalized spacial score (nSPS) is 35.4. The van der Waals surface area contributed by atoms with E-state index in [-0.39, 0.29) is 0 Å². The van der Waals surface area contributed by atoms with Crippen molar-refractivity contribution in [2.75, 3.05) is 33.9 Å². The lowest BCUT2D eigenvalue weighted by atomic mass is 9.75. The predicted molar refractivity (Wildman–Crippen MR) is 87.1 cm³/mol. The first-order chi connectivity index (χ1) is 10.3. The lowest BCUT2D eigenvalue weighted by molar-refractivity contribution is 0.0824. The van der Waals surface area contributed by atoms with Crippen LogP contribution in [0.4, 0.5) is 0 Å². The van der Waals surface area contributed by atoms with Gasteiger partial charge in [-0.15, -0.1) is 0 Å². The third kappa shape index (κ3) is 2.95. The topological polar surface area (TPSA) is 33.7 Å². The van der Waals surface area contributed by atoms with E-state index in [2.05, 4.69) is 9.88 Å². The molecule has 0 aromatic carbocycles. The smallest absolute Gasteiger partial charge is 0.385 e. The van der Waals surface area contributed by atoms with Crippen molar-refractivity contribution in [2.24, 2.45) is 11.8 Å². The van der Waals surface area contributed by atoms with Gasteiger partial charge in [0, 0.05) is 14.2 Å². The lowest BCUT2D eigenvalue weighted by Crippen LogP contribution is -2.74. The maximum atomic E-state index is 6.20. The first kappa shape index (κ1) is 15.9. The fraction of sp³-hybridized carbons (Fsp3) is 1.00. The zero-order valence-electron chi connectivity index (χ0n) is 13.8. The molecule has 2 aliphatic heterocycles. The van der Waals surface area contributed by atoms with Gasteiger partial charge < -0.3 is 14.2 Å². The molecule has 0 aromatic heterocycles. The Kier molecular flexibility index (Phi) is 5.38.